The molecule has 1 saturated heterocycles. The predicted molar refractivity (Wildman–Crippen MR) is 131 cm³/mol. The van der Waals surface area contributed by atoms with Crippen molar-refractivity contribution in [2.75, 3.05) is 13.1 Å². The summed E-state index contributed by atoms with van der Waals surface area (Å²) in [5.41, 5.74) is 0.504. The fraction of sp³-hybridized carbons (Fsp3) is 0.500. The summed E-state index contributed by atoms with van der Waals surface area (Å²) in [6, 6.07) is 4.76. The molecule has 35 heavy (non-hydrogen) atoms. The van der Waals surface area contributed by atoms with Gasteiger partial charge in [-0.1, -0.05) is 25.3 Å². The summed E-state index contributed by atoms with van der Waals surface area (Å²) in [5, 5.41) is 9.15. The predicted octanol–water partition coefficient (Wildman–Crippen LogP) is 2.36. The van der Waals surface area contributed by atoms with Crippen LogP contribution in [0.3, 0.4) is 0 Å². The zero-order valence-electron chi connectivity index (χ0n) is 19.4. The average Bonchev–Trinajstić information content (AvgIpc) is 3.35. The Morgan fingerprint density at radius 3 is 2.57 bits per heavy atom. The van der Waals surface area contributed by atoms with Crippen molar-refractivity contribution in [3.8, 4) is 0 Å². The average molecular weight is 519 g/mol. The Bertz CT molecular complexity index is 1130. The molecule has 2 aliphatic rings. The zero-order chi connectivity index (χ0) is 24.8. The Morgan fingerprint density at radius 2 is 1.89 bits per heavy atom. The molecule has 2 N–H and O–H groups in total. The summed E-state index contributed by atoms with van der Waals surface area (Å²) in [5.74, 6) is -1.08. The largest absolute Gasteiger partial charge is 0.344 e. The third-order valence-corrected chi connectivity index (χ3v) is 9.10. The highest BCUT2D eigenvalue weighted by molar-refractivity contribution is 7.89. The summed E-state index contributed by atoms with van der Waals surface area (Å²) in [6.45, 7) is -0.169. The maximum atomic E-state index is 13.4. The molecule has 3 heterocycles. The minimum Gasteiger partial charge on any atom is -0.344 e. The Kier molecular flexibility index (Phi) is 8.30. The smallest absolute Gasteiger partial charge is 0.260 e. The van der Waals surface area contributed by atoms with Gasteiger partial charge in [0.05, 0.1) is 18.2 Å². The Labute approximate surface area is 209 Å². The Balaban J connectivity index is 1.45. The molecule has 11 heteroatoms. The van der Waals surface area contributed by atoms with E-state index in [2.05, 4.69) is 15.6 Å². The highest BCUT2D eigenvalue weighted by atomic mass is 32.2. The van der Waals surface area contributed by atoms with Gasteiger partial charge >= 0.3 is 0 Å². The summed E-state index contributed by atoms with van der Waals surface area (Å²) >= 11 is 1.41. The number of aromatic nitrogens is 1. The molecule has 1 aliphatic carbocycles. The molecular weight excluding hydrogens is 488 g/mol. The lowest BCUT2D eigenvalue weighted by Crippen LogP contribution is -2.55. The molecule has 2 fully saturated rings. The highest BCUT2D eigenvalue weighted by Crippen LogP contribution is 2.27. The normalized spacial score (nSPS) is 21.1. The lowest BCUT2D eigenvalue weighted by molar-refractivity contribution is -0.129. The zero-order valence-corrected chi connectivity index (χ0v) is 21.0. The van der Waals surface area contributed by atoms with E-state index in [1.54, 1.807) is 29.0 Å². The quantitative estimate of drug-likeness (QED) is 0.580. The summed E-state index contributed by atoms with van der Waals surface area (Å²) in [6.07, 6.45) is 6.88. The second-order valence-corrected chi connectivity index (χ2v) is 11.7. The van der Waals surface area contributed by atoms with Crippen molar-refractivity contribution < 1.29 is 22.8 Å². The van der Waals surface area contributed by atoms with Crippen LogP contribution >= 0.6 is 11.3 Å². The molecule has 1 aliphatic heterocycles. The van der Waals surface area contributed by atoms with Crippen LogP contribution in [0.1, 0.15) is 55.3 Å². The number of Topliss-reactive ketones (excluding diaryl/α,β-unsaturated/α-hetero) is 1. The number of sulfonamides is 1. The topological polar surface area (TPSA) is 126 Å². The first-order chi connectivity index (χ1) is 16.9. The Hall–Kier alpha value is -2.63. The van der Waals surface area contributed by atoms with Gasteiger partial charge in [0, 0.05) is 18.1 Å². The second-order valence-electron chi connectivity index (χ2n) is 9.04. The number of pyridine rings is 1. The first-order valence-electron chi connectivity index (χ1n) is 11.9. The molecule has 0 spiro atoms. The highest BCUT2D eigenvalue weighted by Gasteiger charge is 2.36. The molecule has 2 aromatic rings. The van der Waals surface area contributed by atoms with Gasteiger partial charge in [0.2, 0.25) is 5.91 Å². The lowest BCUT2D eigenvalue weighted by Gasteiger charge is -2.31. The molecule has 0 aromatic carbocycles. The number of hydrogen-bond acceptors (Lipinski definition) is 7. The number of nitrogens with one attached hydrogen (secondary N) is 2. The number of carbonyl (C=O) groups excluding carboxylic acids is 3. The van der Waals surface area contributed by atoms with E-state index in [1.807, 2.05) is 0 Å². The van der Waals surface area contributed by atoms with Gasteiger partial charge in [-0.15, -0.1) is 0 Å². The molecule has 9 nitrogen and oxygen atoms in total. The standard InChI is InChI=1S/C24H30N4O5S2/c29-20-15-28(35(32,33)21-10-4-5-12-25-21)13-6-9-19(20)26-24(31)22(17-7-2-1-3-8-17)27-23(30)18-11-14-34-16-18/h4-5,10-12,14,16-17,19,22H,1-3,6-9,13,15H2,(H,26,31)(H,27,30)/t19?,22-/m0/s1. The van der Waals surface area contributed by atoms with Gasteiger partial charge in [0.1, 0.15) is 6.04 Å². The van der Waals surface area contributed by atoms with E-state index in [1.165, 1.54) is 23.6 Å². The monoisotopic (exact) mass is 518 g/mol. The van der Waals surface area contributed by atoms with Crippen molar-refractivity contribution in [3.05, 3.63) is 46.8 Å². The first-order valence-corrected chi connectivity index (χ1v) is 14.3. The first kappa shape index (κ1) is 25.5. The van der Waals surface area contributed by atoms with Crippen molar-refractivity contribution in [1.29, 1.82) is 0 Å². The van der Waals surface area contributed by atoms with Crippen LogP contribution in [-0.2, 0) is 19.6 Å². The molecule has 2 amide bonds. The second kappa shape index (κ2) is 11.4. The number of nitrogens with zero attached hydrogens (tertiary/aromatic N) is 2. The van der Waals surface area contributed by atoms with Gasteiger partial charge in [-0.05, 0) is 55.2 Å². The van der Waals surface area contributed by atoms with Crippen molar-refractivity contribution in [2.24, 2.45) is 5.92 Å². The summed E-state index contributed by atoms with van der Waals surface area (Å²) in [4.78, 5) is 43.0. The number of amides is 2. The third kappa shape index (κ3) is 6.14. The van der Waals surface area contributed by atoms with Crippen molar-refractivity contribution in [1.82, 2.24) is 19.9 Å². The van der Waals surface area contributed by atoms with E-state index in [0.717, 1.165) is 36.4 Å². The molecule has 4 rings (SSSR count). The molecular formula is C24H30N4O5S2. The van der Waals surface area contributed by atoms with Crippen LogP contribution in [0.4, 0.5) is 0 Å². The minimum atomic E-state index is -3.91. The molecule has 1 unspecified atom stereocenters. The van der Waals surface area contributed by atoms with Gasteiger partial charge in [0.15, 0.2) is 10.8 Å². The summed E-state index contributed by atoms with van der Waals surface area (Å²) in [7, 11) is -3.91. The van der Waals surface area contributed by atoms with Crippen LogP contribution < -0.4 is 10.6 Å². The number of carbonyl (C=O) groups is 3. The van der Waals surface area contributed by atoms with Crippen LogP contribution in [0.15, 0.2) is 46.2 Å². The van der Waals surface area contributed by atoms with Gasteiger partial charge in [-0.3, -0.25) is 14.4 Å². The van der Waals surface area contributed by atoms with Crippen LogP contribution in [0.25, 0.3) is 0 Å². The van der Waals surface area contributed by atoms with Crippen molar-refractivity contribution >= 4 is 39.0 Å². The van der Waals surface area contributed by atoms with Gasteiger partial charge in [-0.25, -0.2) is 13.4 Å². The lowest BCUT2D eigenvalue weighted by atomic mass is 9.83. The molecule has 0 bridgehead atoms. The van der Waals surface area contributed by atoms with E-state index in [9.17, 15) is 22.8 Å². The maximum Gasteiger partial charge on any atom is 0.260 e. The molecule has 2 atom stereocenters. The van der Waals surface area contributed by atoms with E-state index < -0.39 is 22.1 Å². The van der Waals surface area contributed by atoms with E-state index in [4.69, 9.17) is 0 Å². The number of ketones is 1. The van der Waals surface area contributed by atoms with Crippen LogP contribution in [0, 0.1) is 5.92 Å². The maximum absolute atomic E-state index is 13.4. The fourth-order valence-corrected chi connectivity index (χ4v) is 6.74. The van der Waals surface area contributed by atoms with Crippen LogP contribution in [0.5, 0.6) is 0 Å². The SMILES string of the molecule is O=C(N[C@H](C(=O)NC1CCCN(S(=O)(=O)c2ccccn2)CC1=O)C1CCCCC1)c1ccsc1. The van der Waals surface area contributed by atoms with Crippen LogP contribution in [-0.4, -0.2) is 60.5 Å². The van der Waals surface area contributed by atoms with Gasteiger partial charge < -0.3 is 10.6 Å². The summed E-state index contributed by atoms with van der Waals surface area (Å²) < 4.78 is 27.0. The van der Waals surface area contributed by atoms with Crippen molar-refractivity contribution in [3.63, 3.8) is 0 Å². The third-order valence-electron chi connectivity index (χ3n) is 6.65. The van der Waals surface area contributed by atoms with Crippen LogP contribution in [0.2, 0.25) is 0 Å². The minimum absolute atomic E-state index is 0.00625. The van der Waals surface area contributed by atoms with Crippen molar-refractivity contribution in [2.45, 2.75) is 62.1 Å². The van der Waals surface area contributed by atoms with E-state index >= 15 is 0 Å². The van der Waals surface area contributed by atoms with E-state index in [0.29, 0.717) is 18.4 Å². The molecule has 1 saturated carbocycles. The fourth-order valence-electron chi connectivity index (χ4n) is 4.73. The Morgan fingerprint density at radius 1 is 1.09 bits per heavy atom. The number of thiophene rings is 1. The molecule has 0 radical (unpaired) electrons. The van der Waals surface area contributed by atoms with E-state index in [-0.39, 0.29) is 41.6 Å². The van der Waals surface area contributed by atoms with Gasteiger partial charge in [-0.2, -0.15) is 15.6 Å². The number of rotatable bonds is 7. The molecule has 2 aromatic heterocycles. The van der Waals surface area contributed by atoms with Gasteiger partial charge in [0.25, 0.3) is 15.9 Å². The molecule has 188 valence electrons. The number of hydrogen-bond donors (Lipinski definition) is 2.